The molecule has 1 fully saturated rings. The fourth-order valence-corrected chi connectivity index (χ4v) is 2.93. The highest BCUT2D eigenvalue weighted by atomic mass is 16.1. The molecule has 0 atom stereocenters. The molecule has 110 valence electrons. The Morgan fingerprint density at radius 2 is 2.10 bits per heavy atom. The van der Waals surface area contributed by atoms with Gasteiger partial charge >= 0.3 is 0 Å². The van der Waals surface area contributed by atoms with E-state index in [0.29, 0.717) is 17.9 Å². The number of aromatic nitrogens is 1. The zero-order valence-corrected chi connectivity index (χ0v) is 12.4. The van der Waals surface area contributed by atoms with E-state index in [1.165, 1.54) is 19.3 Å². The van der Waals surface area contributed by atoms with Crippen molar-refractivity contribution in [3.05, 3.63) is 24.0 Å². The second kappa shape index (κ2) is 6.22. The summed E-state index contributed by atoms with van der Waals surface area (Å²) in [6.07, 6.45) is 7.57. The van der Waals surface area contributed by atoms with E-state index in [-0.39, 0.29) is 11.4 Å². The number of nitrogens with zero attached hydrogens (tertiary/aromatic N) is 2. The molecule has 1 aromatic heterocycles. The number of nitrogens with one attached hydrogen (secondary N) is 1. The van der Waals surface area contributed by atoms with E-state index in [9.17, 15) is 4.79 Å². The molecule has 0 saturated heterocycles. The Balaban J connectivity index is 2.03. The van der Waals surface area contributed by atoms with E-state index in [1.54, 1.807) is 18.3 Å². The summed E-state index contributed by atoms with van der Waals surface area (Å²) in [4.78, 5) is 18.5. The maximum Gasteiger partial charge on any atom is 0.272 e. The van der Waals surface area contributed by atoms with E-state index in [2.05, 4.69) is 29.3 Å². The lowest BCUT2D eigenvalue weighted by Crippen LogP contribution is -2.53. The molecule has 20 heavy (non-hydrogen) atoms. The molecule has 0 aliphatic heterocycles. The molecule has 0 bridgehead atoms. The van der Waals surface area contributed by atoms with E-state index < -0.39 is 0 Å². The first-order valence-electron chi connectivity index (χ1n) is 7.21. The smallest absolute Gasteiger partial charge is 0.272 e. The van der Waals surface area contributed by atoms with Crippen LogP contribution in [0.1, 0.15) is 42.6 Å². The van der Waals surface area contributed by atoms with Gasteiger partial charge in [-0.05, 0) is 39.1 Å². The van der Waals surface area contributed by atoms with Gasteiger partial charge in [0.25, 0.3) is 5.91 Å². The molecule has 1 aliphatic carbocycles. The lowest BCUT2D eigenvalue weighted by molar-refractivity contribution is 0.0797. The van der Waals surface area contributed by atoms with Crippen molar-refractivity contribution in [2.24, 2.45) is 0 Å². The predicted molar refractivity (Wildman–Crippen MR) is 80.5 cm³/mol. The third-order valence-corrected chi connectivity index (χ3v) is 4.36. The molecule has 0 aromatic carbocycles. The summed E-state index contributed by atoms with van der Waals surface area (Å²) in [5.74, 6) is -0.185. The van der Waals surface area contributed by atoms with Crippen LogP contribution in [0.3, 0.4) is 0 Å². The van der Waals surface area contributed by atoms with Gasteiger partial charge in [-0.1, -0.05) is 19.3 Å². The Labute approximate surface area is 120 Å². The molecule has 0 radical (unpaired) electrons. The Hall–Kier alpha value is -1.62. The van der Waals surface area contributed by atoms with Crippen molar-refractivity contribution in [3.63, 3.8) is 0 Å². The quantitative estimate of drug-likeness (QED) is 0.877. The van der Waals surface area contributed by atoms with Gasteiger partial charge in [0.2, 0.25) is 0 Å². The number of carbonyl (C=O) groups is 1. The summed E-state index contributed by atoms with van der Waals surface area (Å²) < 4.78 is 0. The molecule has 1 aromatic rings. The van der Waals surface area contributed by atoms with Crippen LogP contribution in [0.25, 0.3) is 0 Å². The SMILES string of the molecule is CN(C)C1(CNC(=O)c2ncccc2N)CCCCC1. The Bertz CT molecular complexity index is 467. The minimum absolute atomic E-state index is 0.0669. The van der Waals surface area contributed by atoms with Gasteiger partial charge in [0.05, 0.1) is 5.69 Å². The lowest BCUT2D eigenvalue weighted by atomic mass is 9.80. The number of rotatable bonds is 4. The highest BCUT2D eigenvalue weighted by molar-refractivity contribution is 5.97. The molecular weight excluding hydrogens is 252 g/mol. The average molecular weight is 276 g/mol. The fourth-order valence-electron chi connectivity index (χ4n) is 2.93. The first-order chi connectivity index (χ1) is 9.55. The molecule has 0 unspecified atom stereocenters. The number of anilines is 1. The number of amides is 1. The monoisotopic (exact) mass is 276 g/mol. The van der Waals surface area contributed by atoms with Crippen LogP contribution in [0.15, 0.2) is 18.3 Å². The maximum atomic E-state index is 12.2. The number of carbonyl (C=O) groups excluding carboxylic acids is 1. The molecule has 5 heteroatoms. The van der Waals surface area contributed by atoms with Gasteiger partial charge in [-0.25, -0.2) is 4.98 Å². The van der Waals surface area contributed by atoms with Gasteiger partial charge in [0.15, 0.2) is 5.69 Å². The first-order valence-corrected chi connectivity index (χ1v) is 7.21. The van der Waals surface area contributed by atoms with Crippen molar-refractivity contribution in [3.8, 4) is 0 Å². The first kappa shape index (κ1) is 14.8. The van der Waals surface area contributed by atoms with Crippen LogP contribution in [0.4, 0.5) is 5.69 Å². The topological polar surface area (TPSA) is 71.2 Å². The van der Waals surface area contributed by atoms with Crippen LogP contribution in [0.2, 0.25) is 0 Å². The number of hydrogen-bond acceptors (Lipinski definition) is 4. The van der Waals surface area contributed by atoms with Gasteiger partial charge in [0.1, 0.15) is 0 Å². The predicted octanol–water partition coefficient (Wildman–Crippen LogP) is 1.66. The molecule has 1 aliphatic rings. The van der Waals surface area contributed by atoms with Gasteiger partial charge in [-0.15, -0.1) is 0 Å². The number of likely N-dealkylation sites (N-methyl/N-ethyl adjacent to an activating group) is 1. The Morgan fingerprint density at radius 3 is 2.70 bits per heavy atom. The van der Waals surface area contributed by atoms with Gasteiger partial charge in [-0.2, -0.15) is 0 Å². The van der Waals surface area contributed by atoms with Gasteiger partial charge in [-0.3, -0.25) is 4.79 Å². The second-order valence-corrected chi connectivity index (χ2v) is 5.80. The Morgan fingerprint density at radius 1 is 1.40 bits per heavy atom. The molecule has 1 saturated carbocycles. The van der Waals surface area contributed by atoms with Crippen LogP contribution in [-0.2, 0) is 0 Å². The van der Waals surface area contributed by atoms with Crippen molar-refractivity contribution in [1.82, 2.24) is 15.2 Å². The fraction of sp³-hybridized carbons (Fsp3) is 0.600. The van der Waals surface area contributed by atoms with Crippen molar-refractivity contribution >= 4 is 11.6 Å². The summed E-state index contributed by atoms with van der Waals surface area (Å²) >= 11 is 0. The summed E-state index contributed by atoms with van der Waals surface area (Å²) in [6.45, 7) is 0.648. The standard InChI is InChI=1S/C15H24N4O/c1-19(2)15(8-4-3-5-9-15)11-18-14(20)13-12(16)7-6-10-17-13/h6-7,10H,3-5,8-9,11,16H2,1-2H3,(H,18,20). The zero-order valence-electron chi connectivity index (χ0n) is 12.4. The summed E-state index contributed by atoms with van der Waals surface area (Å²) in [5, 5.41) is 3.01. The summed E-state index contributed by atoms with van der Waals surface area (Å²) in [5.41, 5.74) is 6.60. The van der Waals surface area contributed by atoms with Crippen LogP contribution >= 0.6 is 0 Å². The molecule has 1 amide bonds. The molecule has 5 nitrogen and oxygen atoms in total. The number of pyridine rings is 1. The number of nitrogen functional groups attached to an aromatic ring is 1. The van der Waals surface area contributed by atoms with Crippen molar-refractivity contribution < 1.29 is 4.79 Å². The van der Waals surface area contributed by atoms with E-state index in [1.807, 2.05) is 0 Å². The number of nitrogens with two attached hydrogens (primary N) is 1. The van der Waals surface area contributed by atoms with Crippen molar-refractivity contribution in [1.29, 1.82) is 0 Å². The maximum absolute atomic E-state index is 12.2. The molecule has 1 heterocycles. The highest BCUT2D eigenvalue weighted by Crippen LogP contribution is 2.31. The Kier molecular flexibility index (Phi) is 4.60. The average Bonchev–Trinajstić information content (AvgIpc) is 2.46. The van der Waals surface area contributed by atoms with Crippen molar-refractivity contribution in [2.75, 3.05) is 26.4 Å². The highest BCUT2D eigenvalue weighted by Gasteiger charge is 2.34. The summed E-state index contributed by atoms with van der Waals surface area (Å²) in [6, 6.07) is 3.43. The van der Waals surface area contributed by atoms with Crippen LogP contribution in [-0.4, -0.2) is 42.0 Å². The van der Waals surface area contributed by atoms with Gasteiger partial charge in [0, 0.05) is 18.3 Å². The second-order valence-electron chi connectivity index (χ2n) is 5.80. The third kappa shape index (κ3) is 3.10. The minimum atomic E-state index is -0.185. The van der Waals surface area contributed by atoms with E-state index >= 15 is 0 Å². The normalized spacial score (nSPS) is 17.9. The summed E-state index contributed by atoms with van der Waals surface area (Å²) in [7, 11) is 4.18. The number of hydrogen-bond donors (Lipinski definition) is 2. The van der Waals surface area contributed by atoms with Crippen LogP contribution in [0.5, 0.6) is 0 Å². The van der Waals surface area contributed by atoms with Crippen LogP contribution < -0.4 is 11.1 Å². The molecule has 0 spiro atoms. The molecule has 2 rings (SSSR count). The van der Waals surface area contributed by atoms with E-state index in [0.717, 1.165) is 12.8 Å². The van der Waals surface area contributed by atoms with Crippen LogP contribution in [0, 0.1) is 0 Å². The minimum Gasteiger partial charge on any atom is -0.397 e. The van der Waals surface area contributed by atoms with Gasteiger partial charge < -0.3 is 16.0 Å². The molecule has 3 N–H and O–H groups in total. The van der Waals surface area contributed by atoms with E-state index in [4.69, 9.17) is 5.73 Å². The largest absolute Gasteiger partial charge is 0.397 e. The zero-order chi connectivity index (χ0) is 14.6. The lowest BCUT2D eigenvalue weighted by Gasteiger charge is -2.43. The van der Waals surface area contributed by atoms with Crippen molar-refractivity contribution in [2.45, 2.75) is 37.6 Å². The molecular formula is C15H24N4O. The third-order valence-electron chi connectivity index (χ3n) is 4.36.